The van der Waals surface area contributed by atoms with Crippen LogP contribution < -0.4 is 14.8 Å². The zero-order valence-corrected chi connectivity index (χ0v) is 11.5. The monoisotopic (exact) mass is 267 g/mol. The van der Waals surface area contributed by atoms with Crippen molar-refractivity contribution in [1.82, 2.24) is 5.32 Å². The first-order chi connectivity index (χ1) is 9.35. The molecule has 0 unspecified atom stereocenters. The number of rotatable bonds is 6. The summed E-state index contributed by atoms with van der Waals surface area (Å²) in [5, 5.41) is 3.29. The highest BCUT2D eigenvalue weighted by atomic mass is 16.7. The lowest BCUT2D eigenvalue weighted by molar-refractivity contribution is -0.0989. The van der Waals surface area contributed by atoms with E-state index in [0.29, 0.717) is 26.3 Å². The number of ether oxygens (including phenoxy) is 4. The summed E-state index contributed by atoms with van der Waals surface area (Å²) in [6.07, 6.45) is 0.677. The Kier molecular flexibility index (Phi) is 5.44. The van der Waals surface area contributed by atoms with Gasteiger partial charge in [0.05, 0.1) is 13.2 Å². The van der Waals surface area contributed by atoms with Gasteiger partial charge >= 0.3 is 0 Å². The molecule has 5 nitrogen and oxygen atoms in total. The highest BCUT2D eigenvalue weighted by molar-refractivity contribution is 5.46. The first-order valence-corrected chi connectivity index (χ1v) is 6.49. The van der Waals surface area contributed by atoms with Crippen molar-refractivity contribution >= 4 is 0 Å². The van der Waals surface area contributed by atoms with Crippen LogP contribution in [0.4, 0.5) is 0 Å². The second-order valence-corrected chi connectivity index (χ2v) is 4.33. The number of hydrogen-bond donors (Lipinski definition) is 1. The summed E-state index contributed by atoms with van der Waals surface area (Å²) in [7, 11) is 3.25. The molecule has 19 heavy (non-hydrogen) atoms. The summed E-state index contributed by atoms with van der Waals surface area (Å²) in [6.45, 7) is 2.72. The van der Waals surface area contributed by atoms with Crippen molar-refractivity contribution in [2.45, 2.75) is 19.3 Å². The number of benzene rings is 1. The minimum atomic E-state index is -0.237. The number of para-hydroxylation sites is 1. The number of nitrogens with one attached hydrogen (secondary N) is 1. The lowest BCUT2D eigenvalue weighted by Gasteiger charge is -2.16. The van der Waals surface area contributed by atoms with Crippen molar-refractivity contribution in [3.05, 3.63) is 23.8 Å². The van der Waals surface area contributed by atoms with Gasteiger partial charge in [0, 0.05) is 39.3 Å². The van der Waals surface area contributed by atoms with E-state index in [0.717, 1.165) is 23.5 Å². The van der Waals surface area contributed by atoms with E-state index in [1.807, 2.05) is 18.2 Å². The molecule has 0 spiro atoms. The second kappa shape index (κ2) is 7.33. The number of methoxy groups -OCH3 is 2. The fourth-order valence-electron chi connectivity index (χ4n) is 1.98. The van der Waals surface area contributed by atoms with Gasteiger partial charge < -0.3 is 24.3 Å². The average Bonchev–Trinajstić information content (AvgIpc) is 2.69. The Balaban J connectivity index is 1.96. The maximum atomic E-state index is 5.76. The summed E-state index contributed by atoms with van der Waals surface area (Å²) < 4.78 is 21.7. The van der Waals surface area contributed by atoms with Crippen LogP contribution in [-0.4, -0.2) is 40.3 Å². The molecule has 1 aliphatic heterocycles. The first kappa shape index (κ1) is 14.1. The Morgan fingerprint density at radius 1 is 1.21 bits per heavy atom. The van der Waals surface area contributed by atoms with Gasteiger partial charge in [-0.15, -0.1) is 0 Å². The van der Waals surface area contributed by atoms with Gasteiger partial charge in [-0.1, -0.05) is 12.1 Å². The molecule has 0 aliphatic carbocycles. The standard InChI is InChI=1S/C14H21NO4/c1-16-13(17-2)10-15-9-11-5-3-6-12-14(11)19-8-4-7-18-12/h3,5-6,13,15H,4,7-10H2,1-2H3. The average molecular weight is 267 g/mol. The van der Waals surface area contributed by atoms with E-state index >= 15 is 0 Å². The Hall–Kier alpha value is -1.30. The zero-order chi connectivity index (χ0) is 13.5. The van der Waals surface area contributed by atoms with Gasteiger partial charge in [-0.05, 0) is 6.07 Å². The predicted octanol–water partition coefficient (Wildman–Crippen LogP) is 1.56. The predicted molar refractivity (Wildman–Crippen MR) is 71.6 cm³/mol. The molecule has 106 valence electrons. The molecule has 0 saturated carbocycles. The maximum absolute atomic E-state index is 5.76. The molecule has 0 aromatic heterocycles. The molecule has 0 radical (unpaired) electrons. The highest BCUT2D eigenvalue weighted by Crippen LogP contribution is 2.33. The highest BCUT2D eigenvalue weighted by Gasteiger charge is 2.14. The molecule has 2 rings (SSSR count). The van der Waals surface area contributed by atoms with Gasteiger partial charge in [-0.2, -0.15) is 0 Å². The van der Waals surface area contributed by atoms with E-state index in [1.54, 1.807) is 14.2 Å². The van der Waals surface area contributed by atoms with Crippen molar-refractivity contribution in [2.75, 3.05) is 34.0 Å². The largest absolute Gasteiger partial charge is 0.490 e. The van der Waals surface area contributed by atoms with Crippen LogP contribution in [0.1, 0.15) is 12.0 Å². The molecular formula is C14H21NO4. The van der Waals surface area contributed by atoms with Crippen molar-refractivity contribution in [1.29, 1.82) is 0 Å². The van der Waals surface area contributed by atoms with Crippen molar-refractivity contribution < 1.29 is 18.9 Å². The number of hydrogen-bond acceptors (Lipinski definition) is 5. The van der Waals surface area contributed by atoms with Crippen LogP contribution in [-0.2, 0) is 16.0 Å². The Morgan fingerprint density at radius 3 is 2.79 bits per heavy atom. The van der Waals surface area contributed by atoms with Gasteiger partial charge in [-0.25, -0.2) is 0 Å². The second-order valence-electron chi connectivity index (χ2n) is 4.33. The van der Waals surface area contributed by atoms with Crippen molar-refractivity contribution in [3.63, 3.8) is 0 Å². The van der Waals surface area contributed by atoms with Crippen LogP contribution in [0, 0.1) is 0 Å². The molecule has 1 aromatic carbocycles. The lowest BCUT2D eigenvalue weighted by atomic mass is 10.2. The third kappa shape index (κ3) is 3.83. The topological polar surface area (TPSA) is 49.0 Å². The van der Waals surface area contributed by atoms with E-state index < -0.39 is 0 Å². The van der Waals surface area contributed by atoms with Crippen LogP contribution in [0.3, 0.4) is 0 Å². The summed E-state index contributed by atoms with van der Waals surface area (Å²) in [6, 6.07) is 5.96. The molecule has 0 atom stereocenters. The van der Waals surface area contributed by atoms with Gasteiger partial charge in [0.1, 0.15) is 0 Å². The molecule has 0 bridgehead atoms. The van der Waals surface area contributed by atoms with E-state index in [9.17, 15) is 0 Å². The molecule has 0 saturated heterocycles. The van der Waals surface area contributed by atoms with Gasteiger partial charge in [0.15, 0.2) is 17.8 Å². The number of fused-ring (bicyclic) bond motifs is 1. The maximum Gasteiger partial charge on any atom is 0.169 e. The SMILES string of the molecule is COC(CNCc1cccc2c1OCCCO2)OC. The Bertz CT molecular complexity index is 393. The van der Waals surface area contributed by atoms with E-state index in [2.05, 4.69) is 5.32 Å². The van der Waals surface area contributed by atoms with E-state index in [1.165, 1.54) is 0 Å². The first-order valence-electron chi connectivity index (χ1n) is 6.49. The summed E-state index contributed by atoms with van der Waals surface area (Å²) >= 11 is 0. The van der Waals surface area contributed by atoms with E-state index in [-0.39, 0.29) is 6.29 Å². The molecular weight excluding hydrogens is 246 g/mol. The Morgan fingerprint density at radius 2 is 2.00 bits per heavy atom. The van der Waals surface area contributed by atoms with Crippen LogP contribution >= 0.6 is 0 Å². The Labute approximate surface area is 113 Å². The molecule has 0 amide bonds. The van der Waals surface area contributed by atoms with Crippen LogP contribution in [0.15, 0.2) is 18.2 Å². The van der Waals surface area contributed by atoms with E-state index in [4.69, 9.17) is 18.9 Å². The third-order valence-electron chi connectivity index (χ3n) is 3.01. The molecule has 1 N–H and O–H groups in total. The molecule has 1 aliphatic rings. The third-order valence-corrected chi connectivity index (χ3v) is 3.01. The fourth-order valence-corrected chi connectivity index (χ4v) is 1.98. The zero-order valence-electron chi connectivity index (χ0n) is 11.5. The molecule has 0 fully saturated rings. The van der Waals surface area contributed by atoms with Gasteiger partial charge in [-0.3, -0.25) is 0 Å². The fraction of sp³-hybridized carbons (Fsp3) is 0.571. The molecule has 1 heterocycles. The normalized spacial score (nSPS) is 14.5. The molecule has 1 aromatic rings. The summed E-state index contributed by atoms with van der Waals surface area (Å²) in [5.41, 5.74) is 1.09. The van der Waals surface area contributed by atoms with Crippen LogP contribution in [0.5, 0.6) is 11.5 Å². The quantitative estimate of drug-likeness (QED) is 0.793. The van der Waals surface area contributed by atoms with Crippen LogP contribution in [0.25, 0.3) is 0 Å². The molecule has 5 heteroatoms. The smallest absolute Gasteiger partial charge is 0.169 e. The minimum absolute atomic E-state index is 0.237. The lowest BCUT2D eigenvalue weighted by Crippen LogP contribution is -2.29. The van der Waals surface area contributed by atoms with Crippen LogP contribution in [0.2, 0.25) is 0 Å². The van der Waals surface area contributed by atoms with Gasteiger partial charge in [0.2, 0.25) is 0 Å². The van der Waals surface area contributed by atoms with Crippen molar-refractivity contribution in [2.24, 2.45) is 0 Å². The summed E-state index contributed by atoms with van der Waals surface area (Å²) in [5.74, 6) is 1.67. The minimum Gasteiger partial charge on any atom is -0.490 e. The van der Waals surface area contributed by atoms with Crippen molar-refractivity contribution in [3.8, 4) is 11.5 Å². The van der Waals surface area contributed by atoms with Gasteiger partial charge in [0.25, 0.3) is 0 Å². The summed E-state index contributed by atoms with van der Waals surface area (Å²) in [4.78, 5) is 0.